The van der Waals surface area contributed by atoms with Gasteiger partial charge in [0.1, 0.15) is 17.6 Å². The fraction of sp³-hybridized carbons (Fsp3) is 0.235. The SMILES string of the molecule is COC(=O)CCNC(=O)C1C=C(c2ccc(F)cc2F)C=C(I)C1=O. The Labute approximate surface area is 156 Å². The highest BCUT2D eigenvalue weighted by Gasteiger charge is 2.30. The van der Waals surface area contributed by atoms with Crippen LogP contribution in [0.15, 0.2) is 33.9 Å². The summed E-state index contributed by atoms with van der Waals surface area (Å²) in [4.78, 5) is 35.5. The number of carbonyl (C=O) groups is 3. The fourth-order valence-electron chi connectivity index (χ4n) is 2.25. The summed E-state index contributed by atoms with van der Waals surface area (Å²) in [6, 6.07) is 3.08. The van der Waals surface area contributed by atoms with Crippen LogP contribution in [0.1, 0.15) is 12.0 Å². The lowest BCUT2D eigenvalue weighted by molar-refractivity contribution is -0.140. The van der Waals surface area contributed by atoms with Crippen LogP contribution in [0.5, 0.6) is 0 Å². The van der Waals surface area contributed by atoms with Crippen molar-refractivity contribution in [1.29, 1.82) is 0 Å². The maximum absolute atomic E-state index is 14.0. The summed E-state index contributed by atoms with van der Waals surface area (Å²) < 4.78 is 31.7. The number of esters is 1. The van der Waals surface area contributed by atoms with Gasteiger partial charge >= 0.3 is 5.97 Å². The Morgan fingerprint density at radius 1 is 1.32 bits per heavy atom. The van der Waals surface area contributed by atoms with Crippen LogP contribution in [0.3, 0.4) is 0 Å². The van der Waals surface area contributed by atoms with Gasteiger partial charge in [-0.3, -0.25) is 14.4 Å². The first-order valence-electron chi connectivity index (χ1n) is 7.26. The highest BCUT2D eigenvalue weighted by Crippen LogP contribution is 2.31. The Hall–Kier alpha value is -2.10. The maximum atomic E-state index is 14.0. The van der Waals surface area contributed by atoms with Gasteiger partial charge in [0, 0.05) is 18.2 Å². The molecular weight excluding hydrogens is 447 g/mol. The number of carbonyl (C=O) groups excluding carboxylic acids is 3. The highest BCUT2D eigenvalue weighted by molar-refractivity contribution is 14.1. The number of ether oxygens (including phenoxy) is 1. The fourth-order valence-corrected chi connectivity index (χ4v) is 2.92. The van der Waals surface area contributed by atoms with Gasteiger partial charge in [-0.05, 0) is 46.4 Å². The van der Waals surface area contributed by atoms with Crippen molar-refractivity contribution < 1.29 is 27.9 Å². The Morgan fingerprint density at radius 3 is 2.68 bits per heavy atom. The molecule has 1 N–H and O–H groups in total. The van der Waals surface area contributed by atoms with E-state index in [0.29, 0.717) is 5.57 Å². The molecule has 8 heteroatoms. The number of nitrogens with one attached hydrogen (secondary N) is 1. The number of benzene rings is 1. The standard InChI is InChI=1S/C17H14F2INO4/c1-25-15(22)4-5-21-17(24)12-6-9(7-14(20)16(12)23)11-3-2-10(18)8-13(11)19/h2-3,6-8,12H,4-5H2,1H3,(H,21,24). The molecule has 0 saturated heterocycles. The molecule has 5 nitrogen and oxygen atoms in total. The van der Waals surface area contributed by atoms with Crippen molar-refractivity contribution in [2.24, 2.45) is 5.92 Å². The number of halogens is 3. The van der Waals surface area contributed by atoms with E-state index in [9.17, 15) is 23.2 Å². The zero-order valence-corrected chi connectivity index (χ0v) is 15.3. The Bertz CT molecular complexity index is 789. The predicted molar refractivity (Wildman–Crippen MR) is 94.6 cm³/mol. The van der Waals surface area contributed by atoms with Crippen molar-refractivity contribution in [3.63, 3.8) is 0 Å². The molecule has 25 heavy (non-hydrogen) atoms. The van der Waals surface area contributed by atoms with Gasteiger partial charge in [0.2, 0.25) is 5.91 Å². The van der Waals surface area contributed by atoms with E-state index in [0.717, 1.165) is 12.1 Å². The average Bonchev–Trinajstić information content (AvgIpc) is 2.57. The molecule has 0 radical (unpaired) electrons. The number of hydrogen-bond acceptors (Lipinski definition) is 4. The van der Waals surface area contributed by atoms with Gasteiger partial charge in [0.15, 0.2) is 5.78 Å². The Morgan fingerprint density at radius 2 is 2.04 bits per heavy atom. The first-order valence-corrected chi connectivity index (χ1v) is 8.34. The molecule has 0 bridgehead atoms. The topological polar surface area (TPSA) is 72.5 Å². The lowest BCUT2D eigenvalue weighted by Gasteiger charge is -2.18. The van der Waals surface area contributed by atoms with Crippen LogP contribution in [-0.2, 0) is 19.1 Å². The number of hydrogen-bond donors (Lipinski definition) is 1. The maximum Gasteiger partial charge on any atom is 0.307 e. The van der Waals surface area contributed by atoms with Gasteiger partial charge in [-0.1, -0.05) is 6.08 Å². The number of allylic oxidation sites excluding steroid dienone is 3. The van der Waals surface area contributed by atoms with E-state index >= 15 is 0 Å². The molecule has 1 aromatic rings. The van der Waals surface area contributed by atoms with Crippen molar-refractivity contribution >= 4 is 45.8 Å². The second-order valence-corrected chi connectivity index (χ2v) is 6.36. The van der Waals surface area contributed by atoms with Crippen molar-refractivity contribution in [3.8, 4) is 0 Å². The first kappa shape index (κ1) is 19.2. The van der Waals surface area contributed by atoms with E-state index in [1.807, 2.05) is 0 Å². The monoisotopic (exact) mass is 461 g/mol. The minimum Gasteiger partial charge on any atom is -0.469 e. The van der Waals surface area contributed by atoms with Gasteiger partial charge in [-0.2, -0.15) is 0 Å². The minimum atomic E-state index is -1.14. The molecule has 0 aliphatic heterocycles. The second-order valence-electron chi connectivity index (χ2n) is 5.20. The summed E-state index contributed by atoms with van der Waals surface area (Å²) in [7, 11) is 1.23. The highest BCUT2D eigenvalue weighted by atomic mass is 127. The van der Waals surface area contributed by atoms with E-state index in [1.54, 1.807) is 22.6 Å². The molecule has 0 aromatic heterocycles. The summed E-state index contributed by atoms with van der Waals surface area (Å²) in [5.41, 5.74) is 0.407. The molecule has 1 aliphatic carbocycles. The molecule has 132 valence electrons. The summed E-state index contributed by atoms with van der Waals surface area (Å²) >= 11 is 1.77. The Kier molecular flexibility index (Phi) is 6.40. The zero-order valence-electron chi connectivity index (χ0n) is 13.1. The van der Waals surface area contributed by atoms with Gasteiger partial charge in [-0.25, -0.2) is 8.78 Å². The molecule has 0 spiro atoms. The van der Waals surface area contributed by atoms with E-state index in [4.69, 9.17) is 0 Å². The number of ketones is 1. The third-order valence-electron chi connectivity index (χ3n) is 3.53. The van der Waals surface area contributed by atoms with Crippen LogP contribution < -0.4 is 5.32 Å². The summed E-state index contributed by atoms with van der Waals surface area (Å²) in [6.45, 7) is 0.0175. The number of methoxy groups -OCH3 is 1. The normalized spacial score (nSPS) is 16.8. The van der Waals surface area contributed by atoms with Crippen LogP contribution in [0, 0.1) is 17.6 Å². The van der Waals surface area contributed by atoms with E-state index < -0.39 is 35.2 Å². The Balaban J connectivity index is 2.21. The van der Waals surface area contributed by atoms with E-state index in [1.165, 1.54) is 25.3 Å². The summed E-state index contributed by atoms with van der Waals surface area (Å²) in [5, 5.41) is 2.47. The third kappa shape index (κ3) is 4.71. The van der Waals surface area contributed by atoms with Crippen molar-refractivity contribution in [3.05, 3.63) is 51.1 Å². The number of rotatable bonds is 5. The molecule has 2 rings (SSSR count). The molecule has 1 aliphatic rings. The van der Waals surface area contributed by atoms with Crippen molar-refractivity contribution in [2.75, 3.05) is 13.7 Å². The van der Waals surface area contributed by atoms with E-state index in [-0.39, 0.29) is 22.1 Å². The smallest absolute Gasteiger partial charge is 0.307 e. The molecule has 1 aromatic carbocycles. The molecule has 0 saturated carbocycles. The van der Waals surface area contributed by atoms with Crippen LogP contribution in [0.2, 0.25) is 0 Å². The summed E-state index contributed by atoms with van der Waals surface area (Å²) in [5.74, 6) is -4.17. The van der Waals surface area contributed by atoms with Crippen LogP contribution in [0.4, 0.5) is 8.78 Å². The van der Waals surface area contributed by atoms with Crippen LogP contribution in [-0.4, -0.2) is 31.3 Å². The zero-order chi connectivity index (χ0) is 18.6. The summed E-state index contributed by atoms with van der Waals surface area (Å²) in [6.07, 6.45) is 2.74. The van der Waals surface area contributed by atoms with Crippen LogP contribution in [0.25, 0.3) is 5.57 Å². The van der Waals surface area contributed by atoms with Gasteiger partial charge in [0.25, 0.3) is 0 Å². The lowest BCUT2D eigenvalue weighted by Crippen LogP contribution is -2.36. The number of amides is 1. The molecule has 1 amide bonds. The lowest BCUT2D eigenvalue weighted by atomic mass is 9.90. The van der Waals surface area contributed by atoms with Gasteiger partial charge in [-0.15, -0.1) is 0 Å². The van der Waals surface area contributed by atoms with Crippen molar-refractivity contribution in [2.45, 2.75) is 6.42 Å². The molecule has 0 heterocycles. The quantitative estimate of drug-likeness (QED) is 0.416. The number of Topliss-reactive ketones (excluding diaryl/α,β-unsaturated/α-hetero) is 1. The molecule has 1 atom stereocenters. The minimum absolute atomic E-state index is 0.0175. The molecule has 0 fully saturated rings. The molecule has 1 unspecified atom stereocenters. The third-order valence-corrected chi connectivity index (χ3v) is 4.37. The van der Waals surface area contributed by atoms with Gasteiger partial charge in [0.05, 0.1) is 17.1 Å². The first-order chi connectivity index (χ1) is 11.8. The largest absolute Gasteiger partial charge is 0.469 e. The van der Waals surface area contributed by atoms with Crippen LogP contribution >= 0.6 is 22.6 Å². The average molecular weight is 461 g/mol. The van der Waals surface area contributed by atoms with Crippen molar-refractivity contribution in [1.82, 2.24) is 5.32 Å². The van der Waals surface area contributed by atoms with Gasteiger partial charge < -0.3 is 10.1 Å². The van der Waals surface area contributed by atoms with E-state index in [2.05, 4.69) is 10.1 Å². The second kappa shape index (κ2) is 8.32. The predicted octanol–water partition coefficient (Wildman–Crippen LogP) is 2.55. The molecular formula is C17H14F2INO4.